The van der Waals surface area contributed by atoms with E-state index in [0.29, 0.717) is 16.3 Å². The number of carbonyl (C=O) groups excluding carboxylic acids is 2. The van der Waals surface area contributed by atoms with Gasteiger partial charge < -0.3 is 9.64 Å². The van der Waals surface area contributed by atoms with Crippen LogP contribution < -0.4 is 4.72 Å². The molecule has 1 aromatic heterocycles. The molecule has 2 rings (SSSR count). The number of sulfonamides is 1. The van der Waals surface area contributed by atoms with Gasteiger partial charge in [-0.25, -0.2) is 17.9 Å². The Morgan fingerprint density at radius 2 is 2.04 bits per heavy atom. The third-order valence-corrected chi connectivity index (χ3v) is 5.42. The molecule has 0 radical (unpaired) electrons. The van der Waals surface area contributed by atoms with Crippen molar-refractivity contribution >= 4 is 33.2 Å². The molecule has 9 heteroatoms. The maximum absolute atomic E-state index is 12.7. The van der Waals surface area contributed by atoms with Gasteiger partial charge in [0, 0.05) is 19.1 Å². The van der Waals surface area contributed by atoms with Crippen LogP contribution in [0.15, 0.2) is 12.1 Å². The number of ether oxygens (including phenoxy) is 1. The number of hydrogen-bond donors (Lipinski definition) is 1. The number of esters is 1. The molecule has 1 aromatic rings. The molecule has 0 spiro atoms. The van der Waals surface area contributed by atoms with Crippen LogP contribution in [0.4, 0.5) is 0 Å². The molecule has 1 aliphatic rings. The van der Waals surface area contributed by atoms with Crippen LogP contribution in [-0.4, -0.2) is 57.7 Å². The number of carbonyl (C=O) groups is 2. The van der Waals surface area contributed by atoms with Gasteiger partial charge in [-0.2, -0.15) is 0 Å². The summed E-state index contributed by atoms with van der Waals surface area (Å²) in [5, 5.41) is 0. The van der Waals surface area contributed by atoms with Gasteiger partial charge in [0.05, 0.1) is 18.2 Å². The molecule has 1 N–H and O–H groups in total. The van der Waals surface area contributed by atoms with Crippen LogP contribution in [0.3, 0.4) is 0 Å². The minimum Gasteiger partial charge on any atom is -0.465 e. The molecule has 1 atom stereocenters. The van der Waals surface area contributed by atoms with E-state index in [2.05, 4.69) is 9.46 Å². The van der Waals surface area contributed by atoms with Gasteiger partial charge >= 0.3 is 5.97 Å². The van der Waals surface area contributed by atoms with Crippen LogP contribution >= 0.6 is 11.3 Å². The van der Waals surface area contributed by atoms with Crippen LogP contribution in [0.1, 0.15) is 38.6 Å². The first-order valence-corrected chi connectivity index (χ1v) is 9.96. The highest BCUT2D eigenvalue weighted by molar-refractivity contribution is 7.88. The highest BCUT2D eigenvalue weighted by Gasteiger charge is 2.29. The Hall–Kier alpha value is -1.45. The summed E-state index contributed by atoms with van der Waals surface area (Å²) in [6.45, 7) is 0.792. The molecule has 0 aromatic carbocycles. The molecule has 1 unspecified atom stereocenters. The summed E-state index contributed by atoms with van der Waals surface area (Å²) in [7, 11) is -2.00. The largest absolute Gasteiger partial charge is 0.465 e. The zero-order valence-electron chi connectivity index (χ0n) is 13.1. The average Bonchev–Trinajstić information content (AvgIpc) is 3.01. The molecule has 0 aliphatic carbocycles. The van der Waals surface area contributed by atoms with Gasteiger partial charge in [0.1, 0.15) is 4.88 Å². The Kier molecular flexibility index (Phi) is 5.77. The summed E-state index contributed by atoms with van der Waals surface area (Å²) in [5.41, 5.74) is 0. The number of methoxy groups -OCH3 is 1. The Balaban J connectivity index is 2.11. The van der Waals surface area contributed by atoms with Crippen molar-refractivity contribution in [1.29, 1.82) is 0 Å². The van der Waals surface area contributed by atoms with E-state index < -0.39 is 16.0 Å². The van der Waals surface area contributed by atoms with Gasteiger partial charge in [0.2, 0.25) is 10.0 Å². The predicted molar refractivity (Wildman–Crippen MR) is 87.2 cm³/mol. The van der Waals surface area contributed by atoms with Crippen molar-refractivity contribution in [2.45, 2.75) is 25.3 Å². The zero-order chi connectivity index (χ0) is 17.0. The molecule has 23 heavy (non-hydrogen) atoms. The standard InChI is InChI=1S/C14H20N2O5S2/c1-21-14(18)12-7-6-11(22-12)13(17)16-8-4-3-5-10(16)9-15-23(2,19)20/h6-7,10,15H,3-5,8-9H2,1-2H3. The van der Waals surface area contributed by atoms with Crippen molar-refractivity contribution in [1.82, 2.24) is 9.62 Å². The summed E-state index contributed by atoms with van der Waals surface area (Å²) in [4.78, 5) is 26.7. The predicted octanol–water partition coefficient (Wildman–Crippen LogP) is 1.08. The molecule has 128 valence electrons. The number of piperidine rings is 1. The molecule has 1 saturated heterocycles. The van der Waals surface area contributed by atoms with E-state index >= 15 is 0 Å². The van der Waals surface area contributed by atoms with Crippen LogP contribution in [0.2, 0.25) is 0 Å². The molecular weight excluding hydrogens is 340 g/mol. The Morgan fingerprint density at radius 3 is 2.70 bits per heavy atom. The van der Waals surface area contributed by atoms with E-state index in [1.165, 1.54) is 7.11 Å². The Labute approximate surface area is 139 Å². The van der Waals surface area contributed by atoms with E-state index in [1.807, 2.05) is 0 Å². The summed E-state index contributed by atoms with van der Waals surface area (Å²) >= 11 is 1.09. The normalized spacial score (nSPS) is 18.7. The molecule has 0 bridgehead atoms. The fourth-order valence-electron chi connectivity index (χ4n) is 2.53. The fraction of sp³-hybridized carbons (Fsp3) is 0.571. The average molecular weight is 360 g/mol. The van der Waals surface area contributed by atoms with Gasteiger partial charge in [-0.1, -0.05) is 0 Å². The molecule has 0 saturated carbocycles. The number of thiophene rings is 1. The third kappa shape index (κ3) is 4.76. The lowest BCUT2D eigenvalue weighted by atomic mass is 10.0. The van der Waals surface area contributed by atoms with E-state index in [0.717, 1.165) is 36.9 Å². The third-order valence-electron chi connectivity index (χ3n) is 3.67. The number of nitrogens with zero attached hydrogens (tertiary/aromatic N) is 1. The van der Waals surface area contributed by atoms with Crippen LogP contribution in [0, 0.1) is 0 Å². The first-order valence-electron chi connectivity index (χ1n) is 7.25. The molecular formula is C14H20N2O5S2. The second-order valence-electron chi connectivity index (χ2n) is 5.42. The summed E-state index contributed by atoms with van der Waals surface area (Å²) in [6, 6.07) is 3.00. The first-order chi connectivity index (χ1) is 10.8. The van der Waals surface area contributed by atoms with Crippen molar-refractivity contribution in [2.24, 2.45) is 0 Å². The van der Waals surface area contributed by atoms with Crippen LogP contribution in [-0.2, 0) is 14.8 Å². The highest BCUT2D eigenvalue weighted by atomic mass is 32.2. The second-order valence-corrected chi connectivity index (χ2v) is 8.34. The van der Waals surface area contributed by atoms with Gasteiger partial charge in [-0.3, -0.25) is 4.79 Å². The maximum Gasteiger partial charge on any atom is 0.348 e. The van der Waals surface area contributed by atoms with E-state index in [9.17, 15) is 18.0 Å². The van der Waals surface area contributed by atoms with E-state index in [1.54, 1.807) is 17.0 Å². The number of hydrogen-bond acceptors (Lipinski definition) is 6. The maximum atomic E-state index is 12.7. The summed E-state index contributed by atoms with van der Waals surface area (Å²) < 4.78 is 29.6. The van der Waals surface area contributed by atoms with Gasteiger partial charge in [0.25, 0.3) is 5.91 Å². The second kappa shape index (κ2) is 7.41. The quantitative estimate of drug-likeness (QED) is 0.793. The molecule has 1 fully saturated rings. The van der Waals surface area contributed by atoms with Gasteiger partial charge in [-0.15, -0.1) is 11.3 Å². The van der Waals surface area contributed by atoms with Crippen molar-refractivity contribution in [3.63, 3.8) is 0 Å². The number of amides is 1. The van der Waals surface area contributed by atoms with Crippen molar-refractivity contribution < 1.29 is 22.7 Å². The SMILES string of the molecule is COC(=O)c1ccc(C(=O)N2CCCCC2CNS(C)(=O)=O)s1. The number of rotatable bonds is 5. The Morgan fingerprint density at radius 1 is 1.35 bits per heavy atom. The monoisotopic (exact) mass is 360 g/mol. The number of nitrogens with one attached hydrogen (secondary N) is 1. The summed E-state index contributed by atoms with van der Waals surface area (Å²) in [5.74, 6) is -0.645. The van der Waals surface area contributed by atoms with Crippen molar-refractivity contribution in [3.05, 3.63) is 21.9 Å². The zero-order valence-corrected chi connectivity index (χ0v) is 14.7. The topological polar surface area (TPSA) is 92.8 Å². The van der Waals surface area contributed by atoms with Gasteiger partial charge in [-0.05, 0) is 31.4 Å². The van der Waals surface area contributed by atoms with Crippen LogP contribution in [0.5, 0.6) is 0 Å². The fourth-order valence-corrected chi connectivity index (χ4v) is 3.91. The van der Waals surface area contributed by atoms with E-state index in [-0.39, 0.29) is 18.5 Å². The van der Waals surface area contributed by atoms with Crippen molar-refractivity contribution in [3.8, 4) is 0 Å². The molecule has 1 amide bonds. The molecule has 7 nitrogen and oxygen atoms in total. The van der Waals surface area contributed by atoms with Crippen molar-refractivity contribution in [2.75, 3.05) is 26.5 Å². The van der Waals surface area contributed by atoms with Gasteiger partial charge in [0.15, 0.2) is 0 Å². The lowest BCUT2D eigenvalue weighted by Gasteiger charge is -2.35. The lowest BCUT2D eigenvalue weighted by Crippen LogP contribution is -2.49. The van der Waals surface area contributed by atoms with E-state index in [4.69, 9.17) is 0 Å². The Bertz CT molecular complexity index is 683. The molecule has 1 aliphatic heterocycles. The smallest absolute Gasteiger partial charge is 0.348 e. The highest BCUT2D eigenvalue weighted by Crippen LogP contribution is 2.24. The lowest BCUT2D eigenvalue weighted by molar-refractivity contribution is 0.0604. The minimum atomic E-state index is -3.29. The number of likely N-dealkylation sites (tertiary alicyclic amines) is 1. The first kappa shape index (κ1) is 17.9. The minimum absolute atomic E-state index is 0.172. The molecule has 2 heterocycles. The van der Waals surface area contributed by atoms with Crippen LogP contribution in [0.25, 0.3) is 0 Å². The summed E-state index contributed by atoms with van der Waals surface area (Å²) in [6.07, 6.45) is 3.70.